The summed E-state index contributed by atoms with van der Waals surface area (Å²) in [5.74, 6) is 0. The first kappa shape index (κ1) is 6.66. The first-order valence-electron chi connectivity index (χ1n) is 4.18. The molecule has 0 aromatic carbocycles. The number of fused-ring (bicyclic) bond motifs is 1. The second-order valence-corrected chi connectivity index (χ2v) is 2.98. The van der Waals surface area contributed by atoms with Gasteiger partial charge < -0.3 is 0 Å². The van der Waals surface area contributed by atoms with Crippen LogP contribution in [0.4, 0.5) is 0 Å². The van der Waals surface area contributed by atoms with Crippen molar-refractivity contribution in [2.24, 2.45) is 0 Å². The number of hydrogen-bond acceptors (Lipinski definition) is 0. The van der Waals surface area contributed by atoms with Gasteiger partial charge in [0.15, 0.2) is 0 Å². The van der Waals surface area contributed by atoms with Crippen molar-refractivity contribution >= 4 is 0 Å². The molecule has 2 aliphatic rings. The smallest absolute Gasteiger partial charge is 0.00916 e. The van der Waals surface area contributed by atoms with E-state index in [4.69, 9.17) is 0 Å². The Labute approximate surface area is 67.6 Å². The Bertz CT molecular complexity index is 262. The fourth-order valence-electron chi connectivity index (χ4n) is 1.56. The third-order valence-electron chi connectivity index (χ3n) is 2.20. The molecule has 0 heteroatoms. The summed E-state index contributed by atoms with van der Waals surface area (Å²) in [5, 5.41) is 0. The summed E-state index contributed by atoms with van der Waals surface area (Å²) in [7, 11) is 0. The van der Waals surface area contributed by atoms with Crippen molar-refractivity contribution in [3.63, 3.8) is 0 Å². The van der Waals surface area contributed by atoms with E-state index in [0.29, 0.717) is 0 Å². The molecule has 2 rings (SSSR count). The maximum atomic E-state index is 2.24. The van der Waals surface area contributed by atoms with E-state index in [1.165, 1.54) is 24.0 Å². The lowest BCUT2D eigenvalue weighted by molar-refractivity contribution is 0.973. The highest BCUT2D eigenvalue weighted by Gasteiger charge is 2.06. The van der Waals surface area contributed by atoms with E-state index >= 15 is 0 Å². The van der Waals surface area contributed by atoms with Gasteiger partial charge in [-0.05, 0) is 30.4 Å². The van der Waals surface area contributed by atoms with Gasteiger partial charge in [0.1, 0.15) is 0 Å². The largest absolute Gasteiger partial charge is 0.0842 e. The Hall–Kier alpha value is -1.04. The normalized spacial score (nSPS) is 21.8. The van der Waals surface area contributed by atoms with Crippen LogP contribution < -0.4 is 0 Å². The van der Waals surface area contributed by atoms with Gasteiger partial charge in [-0.25, -0.2) is 0 Å². The molecule has 0 heterocycles. The lowest BCUT2D eigenvalue weighted by Gasteiger charge is -2.10. The van der Waals surface area contributed by atoms with Crippen molar-refractivity contribution in [2.75, 3.05) is 0 Å². The standard InChI is InChI=1S/C11H12/c1-2-6-10-8-4-5-9-11(10)7-3-1/h1-2,4-6,9H,3,7-8H2. The molecular formula is C11H12. The first-order valence-corrected chi connectivity index (χ1v) is 4.18. The lowest BCUT2D eigenvalue weighted by atomic mass is 9.96. The topological polar surface area (TPSA) is 0 Å². The van der Waals surface area contributed by atoms with Gasteiger partial charge in [-0.15, -0.1) is 0 Å². The highest BCUT2D eigenvalue weighted by molar-refractivity contribution is 5.42. The third-order valence-corrected chi connectivity index (χ3v) is 2.20. The summed E-state index contributed by atoms with van der Waals surface area (Å²) in [6.45, 7) is 0. The van der Waals surface area contributed by atoms with Crippen LogP contribution >= 0.6 is 0 Å². The molecule has 0 atom stereocenters. The summed E-state index contributed by atoms with van der Waals surface area (Å²) in [6, 6.07) is 0. The van der Waals surface area contributed by atoms with Crippen LogP contribution in [0.25, 0.3) is 0 Å². The molecule has 0 nitrogen and oxygen atoms in total. The van der Waals surface area contributed by atoms with Gasteiger partial charge in [-0.2, -0.15) is 0 Å². The Kier molecular flexibility index (Phi) is 1.76. The van der Waals surface area contributed by atoms with Gasteiger partial charge >= 0.3 is 0 Å². The molecule has 0 N–H and O–H groups in total. The summed E-state index contributed by atoms with van der Waals surface area (Å²) in [6.07, 6.45) is 16.8. The van der Waals surface area contributed by atoms with Crippen molar-refractivity contribution in [3.05, 3.63) is 47.6 Å². The van der Waals surface area contributed by atoms with Crippen molar-refractivity contribution in [3.8, 4) is 0 Å². The zero-order valence-electron chi connectivity index (χ0n) is 6.59. The first-order chi connectivity index (χ1) is 5.47. The number of allylic oxidation sites excluding steroid dienone is 8. The van der Waals surface area contributed by atoms with E-state index in [1.54, 1.807) is 0 Å². The zero-order valence-corrected chi connectivity index (χ0v) is 6.59. The van der Waals surface area contributed by atoms with E-state index in [-0.39, 0.29) is 0 Å². The Morgan fingerprint density at radius 2 is 1.73 bits per heavy atom. The van der Waals surface area contributed by atoms with Crippen LogP contribution in [0.3, 0.4) is 0 Å². The van der Waals surface area contributed by atoms with E-state index in [2.05, 4.69) is 36.5 Å². The van der Waals surface area contributed by atoms with Crippen LogP contribution in [0.1, 0.15) is 19.3 Å². The minimum Gasteiger partial charge on any atom is -0.0842 e. The molecule has 11 heavy (non-hydrogen) atoms. The van der Waals surface area contributed by atoms with Crippen LogP contribution in [0.15, 0.2) is 47.6 Å². The van der Waals surface area contributed by atoms with Crippen LogP contribution in [-0.4, -0.2) is 0 Å². The second-order valence-electron chi connectivity index (χ2n) is 2.98. The average molecular weight is 144 g/mol. The van der Waals surface area contributed by atoms with Gasteiger partial charge in [-0.3, -0.25) is 0 Å². The zero-order chi connectivity index (χ0) is 7.52. The molecular weight excluding hydrogens is 132 g/mol. The highest BCUT2D eigenvalue weighted by Crippen LogP contribution is 2.25. The van der Waals surface area contributed by atoms with Crippen LogP contribution in [-0.2, 0) is 0 Å². The molecule has 0 radical (unpaired) electrons. The molecule has 0 saturated heterocycles. The minimum absolute atomic E-state index is 1.12. The molecule has 0 aromatic rings. The monoisotopic (exact) mass is 144 g/mol. The Morgan fingerprint density at radius 1 is 0.909 bits per heavy atom. The van der Waals surface area contributed by atoms with Crippen LogP contribution in [0, 0.1) is 0 Å². The maximum Gasteiger partial charge on any atom is -0.00916 e. The van der Waals surface area contributed by atoms with Gasteiger partial charge in [0.05, 0.1) is 0 Å². The predicted octanol–water partition coefficient (Wildman–Crippen LogP) is 3.15. The van der Waals surface area contributed by atoms with Crippen molar-refractivity contribution in [1.29, 1.82) is 0 Å². The van der Waals surface area contributed by atoms with Gasteiger partial charge in [-0.1, -0.05) is 36.5 Å². The quantitative estimate of drug-likeness (QED) is 0.490. The van der Waals surface area contributed by atoms with Gasteiger partial charge in [0.2, 0.25) is 0 Å². The Morgan fingerprint density at radius 3 is 2.73 bits per heavy atom. The Balaban J connectivity index is 2.32. The molecule has 0 amide bonds. The molecule has 2 aliphatic carbocycles. The second kappa shape index (κ2) is 2.91. The third kappa shape index (κ3) is 1.35. The summed E-state index contributed by atoms with van der Waals surface area (Å²) in [4.78, 5) is 0. The highest BCUT2D eigenvalue weighted by atomic mass is 14.1. The van der Waals surface area contributed by atoms with Gasteiger partial charge in [0, 0.05) is 0 Å². The van der Waals surface area contributed by atoms with Crippen LogP contribution in [0.2, 0.25) is 0 Å². The fourth-order valence-corrected chi connectivity index (χ4v) is 1.56. The minimum atomic E-state index is 1.12. The SMILES string of the molecule is C1=CCCC2=CC=CCC2=C1. The van der Waals surface area contributed by atoms with E-state index in [0.717, 1.165) is 6.42 Å². The lowest BCUT2D eigenvalue weighted by Crippen LogP contribution is -1.90. The van der Waals surface area contributed by atoms with E-state index < -0.39 is 0 Å². The van der Waals surface area contributed by atoms with Crippen LogP contribution in [0.5, 0.6) is 0 Å². The summed E-state index contributed by atoms with van der Waals surface area (Å²) < 4.78 is 0. The summed E-state index contributed by atoms with van der Waals surface area (Å²) >= 11 is 0. The molecule has 0 unspecified atom stereocenters. The van der Waals surface area contributed by atoms with Crippen molar-refractivity contribution in [2.45, 2.75) is 19.3 Å². The van der Waals surface area contributed by atoms with Crippen molar-refractivity contribution in [1.82, 2.24) is 0 Å². The molecule has 0 bridgehead atoms. The summed E-state index contributed by atoms with van der Waals surface area (Å²) in [5.41, 5.74) is 3.03. The maximum absolute atomic E-state index is 2.24. The molecule has 56 valence electrons. The average Bonchev–Trinajstić information content (AvgIpc) is 2.28. The molecule has 0 spiro atoms. The van der Waals surface area contributed by atoms with E-state index in [1.807, 2.05) is 0 Å². The number of hydrogen-bond donors (Lipinski definition) is 0. The van der Waals surface area contributed by atoms with E-state index in [9.17, 15) is 0 Å². The number of rotatable bonds is 0. The molecule has 0 fully saturated rings. The van der Waals surface area contributed by atoms with Crippen molar-refractivity contribution < 1.29 is 0 Å². The molecule has 0 aliphatic heterocycles. The fraction of sp³-hybridized carbons (Fsp3) is 0.273. The van der Waals surface area contributed by atoms with Gasteiger partial charge in [0.25, 0.3) is 0 Å². The predicted molar refractivity (Wildman–Crippen MR) is 48.3 cm³/mol. The molecule has 0 saturated carbocycles. The molecule has 0 aromatic heterocycles.